The molecular formula is C16H15FO2S. The van der Waals surface area contributed by atoms with Gasteiger partial charge < -0.3 is 4.74 Å². The van der Waals surface area contributed by atoms with Crippen molar-refractivity contribution in [2.75, 3.05) is 7.11 Å². The first-order valence-corrected chi connectivity index (χ1v) is 7.15. The molecular weight excluding hydrogens is 275 g/mol. The van der Waals surface area contributed by atoms with Gasteiger partial charge in [-0.3, -0.25) is 4.79 Å². The average molecular weight is 290 g/mol. The molecule has 0 bridgehead atoms. The number of Topliss-reactive ketones (excluding diaryl/α,β-unsaturated/α-hetero) is 1. The number of rotatable bonds is 5. The minimum absolute atomic E-state index is 0.0306. The molecule has 0 unspecified atom stereocenters. The highest BCUT2D eigenvalue weighted by atomic mass is 32.2. The van der Waals surface area contributed by atoms with Crippen LogP contribution in [0.4, 0.5) is 4.39 Å². The van der Waals surface area contributed by atoms with Crippen LogP contribution in [0.1, 0.15) is 22.8 Å². The maximum atomic E-state index is 13.8. The normalized spacial score (nSPS) is 10.3. The lowest BCUT2D eigenvalue weighted by Gasteiger charge is -2.06. The van der Waals surface area contributed by atoms with E-state index in [1.807, 2.05) is 18.2 Å². The molecule has 0 heterocycles. The van der Waals surface area contributed by atoms with Crippen LogP contribution in [0.25, 0.3) is 0 Å². The summed E-state index contributed by atoms with van der Waals surface area (Å²) in [6, 6.07) is 12.2. The first kappa shape index (κ1) is 14.6. The summed E-state index contributed by atoms with van der Waals surface area (Å²) in [6.45, 7) is 1.53. The van der Waals surface area contributed by atoms with E-state index >= 15 is 0 Å². The third-order valence-corrected chi connectivity index (χ3v) is 3.94. The zero-order chi connectivity index (χ0) is 14.5. The molecule has 0 aromatic heterocycles. The number of methoxy groups -OCH3 is 1. The van der Waals surface area contributed by atoms with Crippen LogP contribution in [0.5, 0.6) is 5.75 Å². The fraction of sp³-hybridized carbons (Fsp3) is 0.188. The molecule has 0 radical (unpaired) electrons. The maximum absolute atomic E-state index is 13.8. The Bertz CT molecular complexity index is 626. The van der Waals surface area contributed by atoms with Crippen molar-refractivity contribution in [3.8, 4) is 5.75 Å². The molecule has 2 aromatic rings. The molecule has 104 valence electrons. The van der Waals surface area contributed by atoms with Crippen molar-refractivity contribution >= 4 is 17.5 Å². The Morgan fingerprint density at radius 3 is 2.70 bits per heavy atom. The van der Waals surface area contributed by atoms with E-state index in [0.717, 1.165) is 4.90 Å². The fourth-order valence-electron chi connectivity index (χ4n) is 1.74. The van der Waals surface area contributed by atoms with Crippen molar-refractivity contribution in [3.63, 3.8) is 0 Å². The van der Waals surface area contributed by atoms with Crippen molar-refractivity contribution < 1.29 is 13.9 Å². The van der Waals surface area contributed by atoms with Gasteiger partial charge in [0.15, 0.2) is 5.78 Å². The van der Waals surface area contributed by atoms with Gasteiger partial charge in [0.2, 0.25) is 0 Å². The monoisotopic (exact) mass is 290 g/mol. The molecule has 0 aliphatic heterocycles. The standard InChI is InChI=1S/C16H15FO2S/c1-11(18)12-4-3-5-15(8-12)20-10-13-6-7-14(19-2)9-16(13)17/h3-9H,10H2,1-2H3. The number of hydrogen-bond donors (Lipinski definition) is 0. The summed E-state index contributed by atoms with van der Waals surface area (Å²) in [5, 5.41) is 0. The zero-order valence-corrected chi connectivity index (χ0v) is 12.2. The van der Waals surface area contributed by atoms with Gasteiger partial charge in [-0.05, 0) is 30.7 Å². The molecule has 0 saturated heterocycles. The molecule has 2 rings (SSSR count). The average Bonchev–Trinajstić information content (AvgIpc) is 2.46. The predicted molar refractivity (Wildman–Crippen MR) is 79.0 cm³/mol. The first-order valence-electron chi connectivity index (χ1n) is 6.16. The second-order valence-electron chi connectivity index (χ2n) is 4.33. The second kappa shape index (κ2) is 6.57. The number of benzene rings is 2. The maximum Gasteiger partial charge on any atom is 0.159 e. The quantitative estimate of drug-likeness (QED) is 0.605. The van der Waals surface area contributed by atoms with Crippen molar-refractivity contribution in [2.45, 2.75) is 17.6 Å². The highest BCUT2D eigenvalue weighted by Crippen LogP contribution is 2.26. The van der Waals surface area contributed by atoms with Crippen LogP contribution in [0.2, 0.25) is 0 Å². The summed E-state index contributed by atoms with van der Waals surface area (Å²) in [5.41, 5.74) is 1.29. The number of carbonyl (C=O) groups is 1. The molecule has 2 aromatic carbocycles. The Hall–Kier alpha value is -1.81. The fourth-order valence-corrected chi connectivity index (χ4v) is 2.68. The van der Waals surface area contributed by atoms with E-state index in [-0.39, 0.29) is 11.6 Å². The van der Waals surface area contributed by atoms with Crippen LogP contribution >= 0.6 is 11.8 Å². The summed E-state index contributed by atoms with van der Waals surface area (Å²) in [7, 11) is 1.51. The van der Waals surface area contributed by atoms with Crippen molar-refractivity contribution in [3.05, 3.63) is 59.4 Å². The molecule has 0 saturated carbocycles. The molecule has 20 heavy (non-hydrogen) atoms. The lowest BCUT2D eigenvalue weighted by molar-refractivity contribution is 0.101. The van der Waals surface area contributed by atoms with Crippen LogP contribution < -0.4 is 4.74 Å². The molecule has 0 spiro atoms. The summed E-state index contributed by atoms with van der Waals surface area (Å²) >= 11 is 1.50. The van der Waals surface area contributed by atoms with E-state index in [1.54, 1.807) is 18.2 Å². The Kier molecular flexibility index (Phi) is 4.79. The Morgan fingerprint density at radius 1 is 1.25 bits per heavy atom. The molecule has 0 atom stereocenters. The molecule has 4 heteroatoms. The summed E-state index contributed by atoms with van der Waals surface area (Å²) < 4.78 is 18.8. The van der Waals surface area contributed by atoms with Gasteiger partial charge in [0.1, 0.15) is 11.6 Å². The minimum Gasteiger partial charge on any atom is -0.497 e. The Morgan fingerprint density at radius 2 is 2.05 bits per heavy atom. The Balaban J connectivity index is 2.09. The summed E-state index contributed by atoms with van der Waals surface area (Å²) in [6.07, 6.45) is 0. The number of thioether (sulfide) groups is 1. The highest BCUT2D eigenvalue weighted by Gasteiger charge is 2.06. The van der Waals surface area contributed by atoms with E-state index in [1.165, 1.54) is 31.9 Å². The first-order chi connectivity index (χ1) is 9.60. The second-order valence-corrected chi connectivity index (χ2v) is 5.38. The molecule has 0 N–H and O–H groups in total. The lowest BCUT2D eigenvalue weighted by atomic mass is 10.2. The number of hydrogen-bond acceptors (Lipinski definition) is 3. The van der Waals surface area contributed by atoms with E-state index < -0.39 is 0 Å². The van der Waals surface area contributed by atoms with E-state index in [0.29, 0.717) is 22.6 Å². The van der Waals surface area contributed by atoms with E-state index in [4.69, 9.17) is 4.74 Å². The van der Waals surface area contributed by atoms with Crippen LogP contribution in [-0.4, -0.2) is 12.9 Å². The minimum atomic E-state index is -0.278. The summed E-state index contributed by atoms with van der Waals surface area (Å²) in [4.78, 5) is 12.3. The van der Waals surface area contributed by atoms with Gasteiger partial charge in [-0.1, -0.05) is 18.2 Å². The van der Waals surface area contributed by atoms with Gasteiger partial charge in [-0.15, -0.1) is 11.8 Å². The topological polar surface area (TPSA) is 26.3 Å². The third-order valence-electron chi connectivity index (χ3n) is 2.90. The summed E-state index contributed by atoms with van der Waals surface area (Å²) in [5.74, 6) is 0.773. The number of ketones is 1. The van der Waals surface area contributed by atoms with Crippen molar-refractivity contribution in [1.29, 1.82) is 0 Å². The molecule has 2 nitrogen and oxygen atoms in total. The molecule has 0 fully saturated rings. The third kappa shape index (κ3) is 3.61. The SMILES string of the molecule is COc1ccc(CSc2cccc(C(C)=O)c2)c(F)c1. The van der Waals surface area contributed by atoms with Crippen molar-refractivity contribution in [1.82, 2.24) is 0 Å². The molecule has 0 aliphatic rings. The number of halogens is 1. The van der Waals surface area contributed by atoms with Crippen LogP contribution in [-0.2, 0) is 5.75 Å². The van der Waals surface area contributed by atoms with Crippen LogP contribution in [0, 0.1) is 5.82 Å². The zero-order valence-electron chi connectivity index (χ0n) is 11.4. The van der Waals surface area contributed by atoms with E-state index in [2.05, 4.69) is 0 Å². The molecule has 0 aliphatic carbocycles. The Labute approximate surface area is 122 Å². The number of ether oxygens (including phenoxy) is 1. The molecule has 0 amide bonds. The smallest absolute Gasteiger partial charge is 0.159 e. The number of carbonyl (C=O) groups excluding carboxylic acids is 1. The lowest BCUT2D eigenvalue weighted by Crippen LogP contribution is -1.92. The van der Waals surface area contributed by atoms with E-state index in [9.17, 15) is 9.18 Å². The van der Waals surface area contributed by atoms with Gasteiger partial charge in [0.25, 0.3) is 0 Å². The van der Waals surface area contributed by atoms with Crippen LogP contribution in [0.15, 0.2) is 47.4 Å². The van der Waals surface area contributed by atoms with Crippen LogP contribution in [0.3, 0.4) is 0 Å². The van der Waals surface area contributed by atoms with Gasteiger partial charge in [0, 0.05) is 22.3 Å². The van der Waals surface area contributed by atoms with Gasteiger partial charge >= 0.3 is 0 Å². The predicted octanol–water partition coefficient (Wildman–Crippen LogP) is 4.33. The highest BCUT2D eigenvalue weighted by molar-refractivity contribution is 7.98. The van der Waals surface area contributed by atoms with Gasteiger partial charge in [0.05, 0.1) is 7.11 Å². The van der Waals surface area contributed by atoms with Gasteiger partial charge in [-0.25, -0.2) is 4.39 Å². The largest absolute Gasteiger partial charge is 0.497 e. The van der Waals surface area contributed by atoms with Crippen molar-refractivity contribution in [2.24, 2.45) is 0 Å². The van der Waals surface area contributed by atoms with Gasteiger partial charge in [-0.2, -0.15) is 0 Å².